The summed E-state index contributed by atoms with van der Waals surface area (Å²) < 4.78 is 54.1. The third-order valence-electron chi connectivity index (χ3n) is 10.9. The molecule has 4 N–H and O–H groups in total. The molecular formula is C50H86O12S. The first-order valence-corrected chi connectivity index (χ1v) is 26.0. The van der Waals surface area contributed by atoms with E-state index in [4.69, 9.17) is 18.9 Å². The second kappa shape index (κ2) is 39.7. The number of carbonyl (C=O) groups excluding carboxylic acids is 2. The summed E-state index contributed by atoms with van der Waals surface area (Å²) in [6, 6.07) is 0. The molecule has 6 atom stereocenters. The number of allylic oxidation sites excluding steroid dienone is 10. The van der Waals surface area contributed by atoms with Crippen molar-refractivity contribution >= 4 is 22.1 Å². The molecule has 364 valence electrons. The number of aliphatic hydroxyl groups is 3. The highest BCUT2D eigenvalue weighted by Gasteiger charge is 2.46. The van der Waals surface area contributed by atoms with Crippen LogP contribution in [-0.2, 0) is 38.7 Å². The van der Waals surface area contributed by atoms with Crippen LogP contribution in [0.15, 0.2) is 60.8 Å². The molecule has 63 heavy (non-hydrogen) atoms. The van der Waals surface area contributed by atoms with Crippen molar-refractivity contribution < 1.29 is 56.8 Å². The quantitative estimate of drug-likeness (QED) is 0.0198. The van der Waals surface area contributed by atoms with E-state index < -0.39 is 71.2 Å². The number of unbranched alkanes of at least 4 members (excludes halogenated alkanes) is 18. The van der Waals surface area contributed by atoms with Gasteiger partial charge in [0, 0.05) is 12.8 Å². The van der Waals surface area contributed by atoms with Gasteiger partial charge < -0.3 is 34.3 Å². The van der Waals surface area contributed by atoms with E-state index in [0.29, 0.717) is 12.8 Å². The third-order valence-corrected chi connectivity index (χ3v) is 11.6. The highest BCUT2D eigenvalue weighted by Crippen LogP contribution is 2.24. The van der Waals surface area contributed by atoms with Crippen LogP contribution in [-0.4, -0.2) is 96.0 Å². The fraction of sp³-hybridized carbons (Fsp3) is 0.760. The standard InChI is InChI=1S/C50H86O12S/c1-3-5-7-9-11-13-15-17-19-21-22-23-25-27-29-31-33-35-37-39-46(52)61-43(41-60-50-49(55)48(54)47(53)44(62-50)42-63(56,57)58)40-59-45(51)38-36-34-32-30-28-26-24-20-18-16-14-12-10-8-6-4-2/h5,7,11,13,17,19,22-23,27,29,43-44,47-50,53-55H,3-4,6,8-10,12,14-16,18,20-21,24-26,28,30-42H2,1-2H3,(H,56,57,58)/b7-5+,13-11+,19-17+,23-22+,29-27+/t43-,44-,47-,48?,49?,50+/m1/s1. The second-order valence-electron chi connectivity index (χ2n) is 16.8. The minimum Gasteiger partial charge on any atom is -0.462 e. The zero-order valence-electron chi connectivity index (χ0n) is 38.9. The summed E-state index contributed by atoms with van der Waals surface area (Å²) in [7, 11) is -4.61. The van der Waals surface area contributed by atoms with E-state index in [1.54, 1.807) is 0 Å². The van der Waals surface area contributed by atoms with Crippen LogP contribution >= 0.6 is 0 Å². The maximum absolute atomic E-state index is 12.8. The highest BCUT2D eigenvalue weighted by atomic mass is 32.2. The zero-order valence-corrected chi connectivity index (χ0v) is 39.7. The molecule has 1 rings (SSSR count). The Morgan fingerprint density at radius 2 is 1.00 bits per heavy atom. The van der Waals surface area contributed by atoms with Crippen LogP contribution in [0.4, 0.5) is 0 Å². The molecule has 0 saturated carbocycles. The van der Waals surface area contributed by atoms with Gasteiger partial charge in [-0.3, -0.25) is 14.1 Å². The molecule has 1 fully saturated rings. The molecule has 2 unspecified atom stereocenters. The van der Waals surface area contributed by atoms with Crippen molar-refractivity contribution in [3.8, 4) is 0 Å². The number of aliphatic hydroxyl groups excluding tert-OH is 3. The van der Waals surface area contributed by atoms with Gasteiger partial charge in [0.2, 0.25) is 0 Å². The van der Waals surface area contributed by atoms with Crippen molar-refractivity contribution in [2.24, 2.45) is 0 Å². The molecule has 0 bridgehead atoms. The smallest absolute Gasteiger partial charge is 0.306 e. The van der Waals surface area contributed by atoms with Gasteiger partial charge in [0.25, 0.3) is 10.1 Å². The molecule has 13 heteroatoms. The van der Waals surface area contributed by atoms with Crippen molar-refractivity contribution in [3.63, 3.8) is 0 Å². The number of hydrogen-bond donors (Lipinski definition) is 4. The second-order valence-corrected chi connectivity index (χ2v) is 18.2. The summed E-state index contributed by atoms with van der Waals surface area (Å²) in [5, 5.41) is 30.9. The fourth-order valence-corrected chi connectivity index (χ4v) is 7.81. The van der Waals surface area contributed by atoms with Gasteiger partial charge in [-0.15, -0.1) is 0 Å². The van der Waals surface area contributed by atoms with Gasteiger partial charge in [0.1, 0.15) is 36.8 Å². The molecule has 0 aromatic carbocycles. The van der Waals surface area contributed by atoms with Gasteiger partial charge in [-0.2, -0.15) is 8.42 Å². The van der Waals surface area contributed by atoms with Gasteiger partial charge in [-0.1, -0.05) is 177 Å². The Hall–Kier alpha value is -2.65. The maximum Gasteiger partial charge on any atom is 0.306 e. The molecule has 12 nitrogen and oxygen atoms in total. The first-order valence-electron chi connectivity index (χ1n) is 24.3. The normalized spacial score (nSPS) is 20.3. The predicted octanol–water partition coefficient (Wildman–Crippen LogP) is 10.5. The number of rotatable bonds is 40. The molecule has 1 aliphatic rings. The molecule has 0 amide bonds. The summed E-state index contributed by atoms with van der Waals surface area (Å²) in [5.41, 5.74) is 0. The summed E-state index contributed by atoms with van der Waals surface area (Å²) in [4.78, 5) is 25.5. The summed E-state index contributed by atoms with van der Waals surface area (Å²) in [6.07, 6.45) is 39.7. The van der Waals surface area contributed by atoms with Crippen LogP contribution in [0.25, 0.3) is 0 Å². The van der Waals surface area contributed by atoms with Gasteiger partial charge in [-0.05, 0) is 57.8 Å². The number of esters is 2. The van der Waals surface area contributed by atoms with Gasteiger partial charge in [0.05, 0.1) is 6.61 Å². The average molecular weight is 911 g/mol. The van der Waals surface area contributed by atoms with Crippen molar-refractivity contribution in [1.29, 1.82) is 0 Å². The van der Waals surface area contributed by atoms with Crippen molar-refractivity contribution in [2.75, 3.05) is 19.0 Å². The summed E-state index contributed by atoms with van der Waals surface area (Å²) >= 11 is 0. The van der Waals surface area contributed by atoms with E-state index in [1.165, 1.54) is 77.0 Å². The number of hydrogen-bond acceptors (Lipinski definition) is 11. The molecule has 1 saturated heterocycles. The van der Waals surface area contributed by atoms with Gasteiger partial charge in [-0.25, -0.2) is 0 Å². The van der Waals surface area contributed by atoms with Crippen LogP contribution in [0.2, 0.25) is 0 Å². The lowest BCUT2D eigenvalue weighted by atomic mass is 10.00. The Morgan fingerprint density at radius 3 is 1.49 bits per heavy atom. The Balaban J connectivity index is 2.44. The van der Waals surface area contributed by atoms with E-state index in [1.807, 2.05) is 0 Å². The molecule has 0 aliphatic carbocycles. The minimum absolute atomic E-state index is 0.124. The van der Waals surface area contributed by atoms with Crippen LogP contribution in [0.1, 0.15) is 187 Å². The largest absolute Gasteiger partial charge is 0.462 e. The SMILES string of the molecule is CC/C=C/C/C=C/C/C=C/C/C=C/C/C=C/CCCCCC(=O)O[C@H](COC(=O)CCCCCCCCCCCCCCCCCC)CO[C@H]1O[C@H](CS(=O)(=O)O)[C@@H](O)C(O)C1O. The Morgan fingerprint density at radius 1 is 0.556 bits per heavy atom. The maximum atomic E-state index is 12.8. The molecule has 0 spiro atoms. The molecular weight excluding hydrogens is 825 g/mol. The van der Waals surface area contributed by atoms with Crippen molar-refractivity contribution in [2.45, 2.75) is 224 Å². The molecule has 0 radical (unpaired) electrons. The molecule has 0 aromatic heterocycles. The first kappa shape index (κ1) is 58.4. The van der Waals surface area contributed by atoms with E-state index in [2.05, 4.69) is 74.6 Å². The lowest BCUT2D eigenvalue weighted by Crippen LogP contribution is -2.60. The Labute approximate surface area is 381 Å². The monoisotopic (exact) mass is 911 g/mol. The van der Waals surface area contributed by atoms with E-state index in [0.717, 1.165) is 70.6 Å². The van der Waals surface area contributed by atoms with E-state index in [-0.39, 0.29) is 19.4 Å². The number of ether oxygens (including phenoxy) is 4. The minimum atomic E-state index is -4.61. The molecule has 1 aliphatic heterocycles. The topological polar surface area (TPSA) is 186 Å². The first-order chi connectivity index (χ1) is 30.5. The van der Waals surface area contributed by atoms with Crippen LogP contribution in [0, 0.1) is 0 Å². The van der Waals surface area contributed by atoms with E-state index in [9.17, 15) is 37.9 Å². The summed E-state index contributed by atoms with van der Waals surface area (Å²) in [6.45, 7) is 3.63. The van der Waals surface area contributed by atoms with Crippen LogP contribution in [0.5, 0.6) is 0 Å². The fourth-order valence-electron chi connectivity index (χ4n) is 7.12. The Bertz CT molecular complexity index is 1390. The zero-order chi connectivity index (χ0) is 46.2. The van der Waals surface area contributed by atoms with Crippen molar-refractivity contribution in [3.05, 3.63) is 60.8 Å². The Kier molecular flexibility index (Phi) is 36.8. The summed E-state index contributed by atoms with van der Waals surface area (Å²) in [5.74, 6) is -2.02. The van der Waals surface area contributed by atoms with Crippen LogP contribution < -0.4 is 0 Å². The predicted molar refractivity (Wildman–Crippen MR) is 252 cm³/mol. The van der Waals surface area contributed by atoms with Crippen molar-refractivity contribution in [1.82, 2.24) is 0 Å². The van der Waals surface area contributed by atoms with Gasteiger partial charge >= 0.3 is 11.9 Å². The average Bonchev–Trinajstić information content (AvgIpc) is 3.25. The van der Waals surface area contributed by atoms with E-state index >= 15 is 0 Å². The molecule has 0 aromatic rings. The number of carbonyl (C=O) groups is 2. The third kappa shape index (κ3) is 34.4. The highest BCUT2D eigenvalue weighted by molar-refractivity contribution is 7.85. The molecule has 1 heterocycles. The lowest BCUT2D eigenvalue weighted by molar-refractivity contribution is -0.297. The lowest BCUT2D eigenvalue weighted by Gasteiger charge is -2.40. The van der Waals surface area contributed by atoms with Gasteiger partial charge in [0.15, 0.2) is 12.4 Å². The van der Waals surface area contributed by atoms with Crippen LogP contribution in [0.3, 0.4) is 0 Å².